The van der Waals surface area contributed by atoms with E-state index < -0.39 is 5.60 Å². The predicted molar refractivity (Wildman–Crippen MR) is 128 cm³/mol. The summed E-state index contributed by atoms with van der Waals surface area (Å²) in [4.78, 5) is 17.8. The molecule has 0 saturated carbocycles. The van der Waals surface area contributed by atoms with Crippen molar-refractivity contribution in [2.24, 2.45) is 4.99 Å². The maximum absolute atomic E-state index is 12.8. The third-order valence-corrected chi connectivity index (χ3v) is 5.02. The van der Waals surface area contributed by atoms with Gasteiger partial charge in [0.2, 0.25) is 0 Å². The van der Waals surface area contributed by atoms with Gasteiger partial charge in [-0.3, -0.25) is 9.79 Å². The topological polar surface area (TPSA) is 38.7 Å². The maximum atomic E-state index is 12.8. The van der Waals surface area contributed by atoms with Crippen molar-refractivity contribution < 1.29 is 9.53 Å². The van der Waals surface area contributed by atoms with Crippen LogP contribution in [-0.2, 0) is 9.53 Å². The van der Waals surface area contributed by atoms with Crippen LogP contribution in [-0.4, -0.2) is 17.8 Å². The van der Waals surface area contributed by atoms with Gasteiger partial charge < -0.3 is 4.74 Å². The van der Waals surface area contributed by atoms with Crippen LogP contribution in [0.2, 0.25) is 0 Å². The van der Waals surface area contributed by atoms with Gasteiger partial charge in [-0.1, -0.05) is 90.5 Å². The molecule has 0 heterocycles. The second-order valence-corrected chi connectivity index (χ2v) is 8.85. The second kappa shape index (κ2) is 10.2. The van der Waals surface area contributed by atoms with E-state index in [1.807, 2.05) is 63.4 Å². The minimum Gasteiger partial charge on any atom is -0.460 e. The summed E-state index contributed by atoms with van der Waals surface area (Å²) in [6.45, 7) is 7.76. The van der Waals surface area contributed by atoms with Crippen molar-refractivity contribution in [3.05, 3.63) is 107 Å². The van der Waals surface area contributed by atoms with Gasteiger partial charge >= 0.3 is 5.97 Å². The normalized spacial score (nSPS) is 13.7. The Morgan fingerprint density at radius 2 is 1.42 bits per heavy atom. The second-order valence-electron chi connectivity index (χ2n) is 8.85. The van der Waals surface area contributed by atoms with Crippen molar-refractivity contribution >= 4 is 12.2 Å². The number of carbonyl (C=O) groups is 1. The lowest BCUT2D eigenvalue weighted by molar-refractivity contribution is -0.155. The van der Waals surface area contributed by atoms with E-state index in [2.05, 4.69) is 55.5 Å². The van der Waals surface area contributed by atoms with Crippen molar-refractivity contribution in [1.82, 2.24) is 0 Å². The molecule has 2 atom stereocenters. The molecule has 0 unspecified atom stereocenters. The quantitative estimate of drug-likeness (QED) is 0.320. The largest absolute Gasteiger partial charge is 0.460 e. The first kappa shape index (κ1) is 22.5. The summed E-state index contributed by atoms with van der Waals surface area (Å²) < 4.78 is 5.66. The van der Waals surface area contributed by atoms with Crippen LogP contribution in [0.1, 0.15) is 61.4 Å². The third-order valence-electron chi connectivity index (χ3n) is 5.02. The molecule has 31 heavy (non-hydrogen) atoms. The predicted octanol–water partition coefficient (Wildman–Crippen LogP) is 6.67. The van der Waals surface area contributed by atoms with Gasteiger partial charge in [-0.15, -0.1) is 0 Å². The number of nitrogens with zero attached hydrogens (tertiary/aromatic N) is 1. The number of rotatable bonds is 7. The van der Waals surface area contributed by atoms with Crippen LogP contribution in [0.3, 0.4) is 0 Å². The molecular formula is C28H31NO2. The summed E-state index contributed by atoms with van der Waals surface area (Å²) in [6.07, 6.45) is 2.16. The third kappa shape index (κ3) is 6.92. The first-order valence-corrected chi connectivity index (χ1v) is 10.7. The number of esters is 1. The van der Waals surface area contributed by atoms with E-state index in [0.29, 0.717) is 0 Å². The number of hydrogen-bond acceptors (Lipinski definition) is 3. The molecule has 0 amide bonds. The summed E-state index contributed by atoms with van der Waals surface area (Å²) >= 11 is 0. The van der Waals surface area contributed by atoms with Crippen molar-refractivity contribution in [1.29, 1.82) is 0 Å². The highest BCUT2D eigenvalue weighted by Crippen LogP contribution is 2.37. The number of benzene rings is 3. The highest BCUT2D eigenvalue weighted by atomic mass is 16.6. The van der Waals surface area contributed by atoms with Crippen LogP contribution in [0.15, 0.2) is 89.9 Å². The molecule has 3 aromatic rings. The Morgan fingerprint density at radius 3 is 1.97 bits per heavy atom. The average Bonchev–Trinajstić information content (AvgIpc) is 2.74. The zero-order chi connectivity index (χ0) is 22.3. The summed E-state index contributed by atoms with van der Waals surface area (Å²) in [5.41, 5.74) is 3.87. The molecule has 0 spiro atoms. The lowest BCUT2D eigenvalue weighted by Gasteiger charge is -2.27. The molecular weight excluding hydrogens is 382 g/mol. The van der Waals surface area contributed by atoms with Crippen molar-refractivity contribution in [2.75, 3.05) is 0 Å². The van der Waals surface area contributed by atoms with E-state index in [-0.39, 0.29) is 24.3 Å². The van der Waals surface area contributed by atoms with Gasteiger partial charge in [-0.25, -0.2) is 0 Å². The fourth-order valence-corrected chi connectivity index (χ4v) is 3.57. The Labute approximate surface area is 185 Å². The molecule has 0 aromatic heterocycles. The van der Waals surface area contributed by atoms with Crippen LogP contribution in [0.25, 0.3) is 0 Å². The van der Waals surface area contributed by atoms with Crippen molar-refractivity contribution in [3.63, 3.8) is 0 Å². The van der Waals surface area contributed by atoms with E-state index in [4.69, 9.17) is 9.73 Å². The molecule has 0 bridgehead atoms. The summed E-state index contributed by atoms with van der Waals surface area (Å²) in [5.74, 6) is -0.354. The van der Waals surface area contributed by atoms with Gasteiger partial charge in [0.1, 0.15) is 5.60 Å². The number of ether oxygens (including phenoxy) is 1. The van der Waals surface area contributed by atoms with Gasteiger partial charge in [0.15, 0.2) is 0 Å². The van der Waals surface area contributed by atoms with Gasteiger partial charge in [0.05, 0.1) is 12.5 Å². The summed E-state index contributed by atoms with van der Waals surface area (Å²) in [7, 11) is 0. The Bertz CT molecular complexity index is 987. The van der Waals surface area contributed by atoms with Crippen LogP contribution in [0.5, 0.6) is 0 Å². The molecule has 3 heteroatoms. The number of aryl methyl sites for hydroxylation is 1. The molecule has 3 rings (SSSR count). The zero-order valence-corrected chi connectivity index (χ0v) is 18.8. The van der Waals surface area contributed by atoms with E-state index in [9.17, 15) is 4.79 Å². The first-order chi connectivity index (χ1) is 14.8. The van der Waals surface area contributed by atoms with Crippen LogP contribution >= 0.6 is 0 Å². The lowest BCUT2D eigenvalue weighted by atomic mass is 9.85. The number of hydrogen-bond donors (Lipinski definition) is 0. The summed E-state index contributed by atoms with van der Waals surface area (Å²) in [6, 6.07) is 28.4. The van der Waals surface area contributed by atoms with Crippen LogP contribution in [0, 0.1) is 6.92 Å². The Morgan fingerprint density at radius 1 is 0.871 bits per heavy atom. The highest BCUT2D eigenvalue weighted by molar-refractivity contribution is 5.80. The Hall–Kier alpha value is -3.20. The molecule has 0 aliphatic carbocycles. The van der Waals surface area contributed by atoms with Gasteiger partial charge in [-0.2, -0.15) is 0 Å². The number of aliphatic imine (C=N–C) groups is 1. The Kier molecular flexibility index (Phi) is 7.41. The fourth-order valence-electron chi connectivity index (χ4n) is 3.57. The highest BCUT2D eigenvalue weighted by Gasteiger charge is 2.29. The zero-order valence-electron chi connectivity index (χ0n) is 18.8. The smallest absolute Gasteiger partial charge is 0.307 e. The van der Waals surface area contributed by atoms with Gasteiger partial charge in [-0.05, 0) is 44.4 Å². The minimum atomic E-state index is -0.522. The van der Waals surface area contributed by atoms with Crippen molar-refractivity contribution in [2.45, 2.75) is 51.7 Å². The van der Waals surface area contributed by atoms with Gasteiger partial charge in [0.25, 0.3) is 0 Å². The SMILES string of the molecule is Cc1ccc(C=N[C@@H](c2ccccc2)[C@@H](CC(=O)OC(C)(C)C)c2ccccc2)cc1. The van der Waals surface area contributed by atoms with E-state index in [1.54, 1.807) is 0 Å². The molecule has 3 nitrogen and oxygen atoms in total. The molecule has 0 aliphatic rings. The van der Waals surface area contributed by atoms with E-state index in [1.165, 1.54) is 5.56 Å². The molecule has 0 fully saturated rings. The maximum Gasteiger partial charge on any atom is 0.307 e. The molecule has 0 aliphatic heterocycles. The van der Waals surface area contributed by atoms with E-state index in [0.717, 1.165) is 16.7 Å². The lowest BCUT2D eigenvalue weighted by Crippen LogP contribution is -2.26. The van der Waals surface area contributed by atoms with Crippen molar-refractivity contribution in [3.8, 4) is 0 Å². The van der Waals surface area contributed by atoms with Gasteiger partial charge in [0, 0.05) is 12.1 Å². The van der Waals surface area contributed by atoms with Crippen LogP contribution in [0.4, 0.5) is 0 Å². The molecule has 0 radical (unpaired) electrons. The monoisotopic (exact) mass is 413 g/mol. The molecule has 160 valence electrons. The Balaban J connectivity index is 1.99. The average molecular weight is 414 g/mol. The molecule has 3 aromatic carbocycles. The van der Waals surface area contributed by atoms with E-state index >= 15 is 0 Å². The standard InChI is InChI=1S/C28H31NO2/c1-21-15-17-22(18-16-21)20-29-27(24-13-9-6-10-14-24)25(23-11-7-5-8-12-23)19-26(30)31-28(2,3)4/h5-18,20,25,27H,19H2,1-4H3/t25-,27-/m0/s1. The first-order valence-electron chi connectivity index (χ1n) is 10.7. The minimum absolute atomic E-state index is 0.139. The molecule has 0 N–H and O–H groups in total. The number of carbonyl (C=O) groups excluding carboxylic acids is 1. The fraction of sp³-hybridized carbons (Fsp3) is 0.286. The van der Waals surface area contributed by atoms with Crippen LogP contribution < -0.4 is 0 Å². The summed E-state index contributed by atoms with van der Waals surface area (Å²) in [5, 5.41) is 0. The molecule has 0 saturated heterocycles.